The highest BCUT2D eigenvalue weighted by molar-refractivity contribution is 7.89. The van der Waals surface area contributed by atoms with Gasteiger partial charge < -0.3 is 4.90 Å². The fourth-order valence-corrected chi connectivity index (χ4v) is 1.66. The van der Waals surface area contributed by atoms with Gasteiger partial charge in [-0.05, 0) is 0 Å². The molecule has 7 nitrogen and oxygen atoms in total. The van der Waals surface area contributed by atoms with Gasteiger partial charge in [0.05, 0.1) is 12.7 Å². The highest BCUT2D eigenvalue weighted by atomic mass is 32.2. The van der Waals surface area contributed by atoms with Crippen LogP contribution < -0.4 is 4.72 Å². The Morgan fingerprint density at radius 2 is 2.27 bits per heavy atom. The summed E-state index contributed by atoms with van der Waals surface area (Å²) in [5, 5.41) is 5.89. The molecule has 1 heterocycles. The third kappa shape index (κ3) is 3.03. The molecule has 1 aromatic heterocycles. The third-order valence-corrected chi connectivity index (χ3v) is 3.06. The molecular formula is C7H12N4O3S. The fourth-order valence-electron chi connectivity index (χ4n) is 0.784. The molecule has 0 radical (unpaired) electrons. The first-order valence-corrected chi connectivity index (χ1v) is 5.60. The maximum absolute atomic E-state index is 11.5. The third-order valence-electron chi connectivity index (χ3n) is 1.70. The molecule has 0 aliphatic rings. The highest BCUT2D eigenvalue weighted by Gasteiger charge is 2.16. The summed E-state index contributed by atoms with van der Waals surface area (Å²) in [4.78, 5) is 12.4. The number of aromatic amines is 1. The number of carbonyl (C=O) groups is 1. The zero-order valence-corrected chi connectivity index (χ0v) is 9.21. The van der Waals surface area contributed by atoms with Crippen molar-refractivity contribution in [2.45, 2.75) is 4.90 Å². The Balaban J connectivity index is 2.63. The van der Waals surface area contributed by atoms with E-state index in [4.69, 9.17) is 0 Å². The Labute approximate surface area is 87.5 Å². The maximum atomic E-state index is 11.5. The van der Waals surface area contributed by atoms with Gasteiger partial charge in [-0.3, -0.25) is 9.89 Å². The van der Waals surface area contributed by atoms with Crippen molar-refractivity contribution in [1.82, 2.24) is 19.8 Å². The van der Waals surface area contributed by atoms with Gasteiger partial charge in [0, 0.05) is 20.3 Å². The van der Waals surface area contributed by atoms with Gasteiger partial charge in [-0.25, -0.2) is 13.1 Å². The Kier molecular flexibility index (Phi) is 3.43. The van der Waals surface area contributed by atoms with Crippen molar-refractivity contribution < 1.29 is 13.2 Å². The predicted octanol–water partition coefficient (Wildman–Crippen LogP) is -1.22. The second-order valence-corrected chi connectivity index (χ2v) is 4.81. The molecule has 0 bridgehead atoms. The molecule has 0 fully saturated rings. The van der Waals surface area contributed by atoms with Crippen molar-refractivity contribution in [2.24, 2.45) is 0 Å². The number of aromatic nitrogens is 2. The quantitative estimate of drug-likeness (QED) is 0.680. The number of nitrogens with one attached hydrogen (secondary N) is 2. The monoisotopic (exact) mass is 232 g/mol. The molecule has 0 spiro atoms. The molecule has 2 N–H and O–H groups in total. The van der Waals surface area contributed by atoms with Crippen molar-refractivity contribution in [2.75, 3.05) is 20.6 Å². The van der Waals surface area contributed by atoms with Gasteiger partial charge in [0.1, 0.15) is 4.90 Å². The standard InChI is InChI=1S/C7H12N4O3S/c1-11(2)7(12)5-10-15(13,14)6-3-8-9-4-6/h3-4,10H,5H2,1-2H3,(H,8,9). The summed E-state index contributed by atoms with van der Waals surface area (Å²) in [6, 6.07) is 0. The van der Waals surface area contributed by atoms with Crippen LogP contribution in [0.4, 0.5) is 0 Å². The molecule has 0 unspecified atom stereocenters. The van der Waals surface area contributed by atoms with Crippen LogP contribution in [0.25, 0.3) is 0 Å². The second kappa shape index (κ2) is 4.41. The van der Waals surface area contributed by atoms with E-state index >= 15 is 0 Å². The summed E-state index contributed by atoms with van der Waals surface area (Å²) in [6.07, 6.45) is 2.41. The number of amides is 1. The Hall–Kier alpha value is -1.41. The number of sulfonamides is 1. The minimum Gasteiger partial charge on any atom is -0.348 e. The second-order valence-electron chi connectivity index (χ2n) is 3.05. The zero-order chi connectivity index (χ0) is 11.5. The topological polar surface area (TPSA) is 95.2 Å². The lowest BCUT2D eigenvalue weighted by molar-refractivity contribution is -0.127. The van der Waals surface area contributed by atoms with Crippen LogP contribution in [-0.2, 0) is 14.8 Å². The van der Waals surface area contributed by atoms with Crippen LogP contribution in [-0.4, -0.2) is 50.1 Å². The van der Waals surface area contributed by atoms with E-state index in [-0.39, 0.29) is 17.3 Å². The van der Waals surface area contributed by atoms with Gasteiger partial charge in [-0.1, -0.05) is 0 Å². The molecule has 0 atom stereocenters. The average molecular weight is 232 g/mol. The first-order valence-electron chi connectivity index (χ1n) is 4.12. The van der Waals surface area contributed by atoms with E-state index in [1.807, 2.05) is 0 Å². The maximum Gasteiger partial charge on any atom is 0.244 e. The number of hydrogen-bond donors (Lipinski definition) is 2. The number of nitrogens with zero attached hydrogens (tertiary/aromatic N) is 2. The molecule has 0 aromatic carbocycles. The van der Waals surface area contributed by atoms with Crippen LogP contribution in [0.2, 0.25) is 0 Å². The van der Waals surface area contributed by atoms with Gasteiger partial charge in [0.15, 0.2) is 0 Å². The lowest BCUT2D eigenvalue weighted by Crippen LogP contribution is -2.36. The fraction of sp³-hybridized carbons (Fsp3) is 0.429. The summed E-state index contributed by atoms with van der Waals surface area (Å²) < 4.78 is 25.1. The van der Waals surface area contributed by atoms with Crippen LogP contribution >= 0.6 is 0 Å². The minimum absolute atomic E-state index is 0.00839. The van der Waals surface area contributed by atoms with Crippen LogP contribution in [0.15, 0.2) is 17.3 Å². The molecular weight excluding hydrogens is 220 g/mol. The number of hydrogen-bond acceptors (Lipinski definition) is 4. The van der Waals surface area contributed by atoms with Crippen molar-refractivity contribution >= 4 is 15.9 Å². The largest absolute Gasteiger partial charge is 0.348 e. The highest BCUT2D eigenvalue weighted by Crippen LogP contribution is 2.03. The van der Waals surface area contributed by atoms with E-state index in [1.54, 1.807) is 14.1 Å². The predicted molar refractivity (Wildman–Crippen MR) is 52.5 cm³/mol. The molecule has 15 heavy (non-hydrogen) atoms. The normalized spacial score (nSPS) is 11.3. The molecule has 0 saturated carbocycles. The molecule has 1 amide bonds. The number of H-pyrrole nitrogens is 1. The summed E-state index contributed by atoms with van der Waals surface area (Å²) in [6.45, 7) is -0.263. The van der Waals surface area contributed by atoms with E-state index < -0.39 is 10.0 Å². The molecule has 1 rings (SSSR count). The Morgan fingerprint density at radius 3 is 2.73 bits per heavy atom. The average Bonchev–Trinajstić information content (AvgIpc) is 2.67. The van der Waals surface area contributed by atoms with Crippen LogP contribution in [0.5, 0.6) is 0 Å². The van der Waals surface area contributed by atoms with Crippen molar-refractivity contribution in [3.8, 4) is 0 Å². The number of carbonyl (C=O) groups excluding carboxylic acids is 1. The smallest absolute Gasteiger partial charge is 0.244 e. The first-order chi connectivity index (χ1) is 6.93. The number of likely N-dealkylation sites (N-methyl/N-ethyl adjacent to an activating group) is 1. The van der Waals surface area contributed by atoms with Crippen LogP contribution in [0.3, 0.4) is 0 Å². The Morgan fingerprint density at radius 1 is 1.60 bits per heavy atom. The van der Waals surface area contributed by atoms with Crippen molar-refractivity contribution in [3.05, 3.63) is 12.4 Å². The summed E-state index contributed by atoms with van der Waals surface area (Å²) >= 11 is 0. The van der Waals surface area contributed by atoms with Crippen LogP contribution in [0, 0.1) is 0 Å². The molecule has 1 aromatic rings. The van der Waals surface area contributed by atoms with E-state index in [9.17, 15) is 13.2 Å². The van der Waals surface area contributed by atoms with Gasteiger partial charge in [0.2, 0.25) is 15.9 Å². The lowest BCUT2D eigenvalue weighted by Gasteiger charge is -2.10. The van der Waals surface area contributed by atoms with Crippen LogP contribution in [0.1, 0.15) is 0 Å². The van der Waals surface area contributed by atoms with E-state index in [1.165, 1.54) is 17.3 Å². The summed E-state index contributed by atoms with van der Waals surface area (Å²) in [7, 11) is -0.537. The molecule has 0 aliphatic carbocycles. The van der Waals surface area contributed by atoms with Crippen molar-refractivity contribution in [3.63, 3.8) is 0 Å². The van der Waals surface area contributed by atoms with E-state index in [0.717, 1.165) is 0 Å². The molecule has 0 aliphatic heterocycles. The van der Waals surface area contributed by atoms with Gasteiger partial charge >= 0.3 is 0 Å². The molecule has 84 valence electrons. The SMILES string of the molecule is CN(C)C(=O)CNS(=O)(=O)c1cn[nH]c1. The van der Waals surface area contributed by atoms with Crippen molar-refractivity contribution in [1.29, 1.82) is 0 Å². The summed E-state index contributed by atoms with van der Waals surface area (Å²) in [5.41, 5.74) is 0. The molecule has 0 saturated heterocycles. The minimum atomic E-state index is -3.64. The number of rotatable bonds is 4. The summed E-state index contributed by atoms with van der Waals surface area (Å²) in [5.74, 6) is -0.318. The van der Waals surface area contributed by atoms with E-state index in [0.29, 0.717) is 0 Å². The lowest BCUT2D eigenvalue weighted by atomic mass is 10.6. The first kappa shape index (κ1) is 11.7. The van der Waals surface area contributed by atoms with Gasteiger partial charge in [-0.15, -0.1) is 0 Å². The molecule has 8 heteroatoms. The zero-order valence-electron chi connectivity index (χ0n) is 8.39. The Bertz CT molecular complexity index is 423. The van der Waals surface area contributed by atoms with Gasteiger partial charge in [-0.2, -0.15) is 5.10 Å². The van der Waals surface area contributed by atoms with E-state index in [2.05, 4.69) is 14.9 Å². The van der Waals surface area contributed by atoms with Gasteiger partial charge in [0.25, 0.3) is 0 Å².